The van der Waals surface area contributed by atoms with Crippen LogP contribution in [0.3, 0.4) is 0 Å². The first-order valence-electron chi connectivity index (χ1n) is 7.77. The zero-order valence-electron chi connectivity index (χ0n) is 12.8. The summed E-state index contributed by atoms with van der Waals surface area (Å²) in [6.45, 7) is 3.30. The Morgan fingerprint density at radius 2 is 2.13 bits per heavy atom. The van der Waals surface area contributed by atoms with Crippen molar-refractivity contribution in [3.8, 4) is 0 Å². The minimum atomic E-state index is -4.39. The van der Waals surface area contributed by atoms with Crippen LogP contribution < -0.4 is 16.2 Å². The van der Waals surface area contributed by atoms with Crippen molar-refractivity contribution in [1.82, 2.24) is 16.2 Å². The van der Waals surface area contributed by atoms with Crippen LogP contribution in [0.25, 0.3) is 0 Å². The van der Waals surface area contributed by atoms with E-state index in [-0.39, 0.29) is 17.9 Å². The fourth-order valence-electron chi connectivity index (χ4n) is 3.05. The molecule has 1 aliphatic heterocycles. The predicted octanol–water partition coefficient (Wildman–Crippen LogP) is 1.97. The van der Waals surface area contributed by atoms with Crippen LogP contribution in [0.1, 0.15) is 30.9 Å². The van der Waals surface area contributed by atoms with Crippen LogP contribution in [0.2, 0.25) is 0 Å². The molecule has 1 amide bonds. The number of amides is 1. The summed E-state index contributed by atoms with van der Waals surface area (Å²) in [4.78, 5) is 12.5. The number of benzene rings is 1. The van der Waals surface area contributed by atoms with E-state index in [2.05, 4.69) is 16.2 Å². The van der Waals surface area contributed by atoms with Gasteiger partial charge in [0.25, 0.3) is 0 Å². The smallest absolute Gasteiger partial charge is 0.355 e. The van der Waals surface area contributed by atoms with Crippen LogP contribution in [0.15, 0.2) is 24.3 Å². The van der Waals surface area contributed by atoms with Gasteiger partial charge in [-0.2, -0.15) is 13.2 Å². The minimum absolute atomic E-state index is 0.170. The molecule has 1 aliphatic carbocycles. The summed E-state index contributed by atoms with van der Waals surface area (Å²) in [6, 6.07) is 5.38. The van der Waals surface area contributed by atoms with Crippen LogP contribution in [-0.2, 0) is 16.4 Å². The van der Waals surface area contributed by atoms with E-state index in [0.29, 0.717) is 24.9 Å². The molecule has 1 heterocycles. The molecule has 7 heteroatoms. The number of carbonyl (C=O) groups is 1. The molecule has 1 saturated carbocycles. The summed E-state index contributed by atoms with van der Waals surface area (Å²) in [5.41, 5.74) is 5.08. The van der Waals surface area contributed by atoms with Gasteiger partial charge in [0, 0.05) is 25.0 Å². The molecule has 4 nitrogen and oxygen atoms in total. The van der Waals surface area contributed by atoms with Crippen molar-refractivity contribution in [1.29, 1.82) is 0 Å². The van der Waals surface area contributed by atoms with E-state index in [9.17, 15) is 18.0 Å². The summed E-state index contributed by atoms with van der Waals surface area (Å²) in [7, 11) is 0. The van der Waals surface area contributed by atoms with Crippen molar-refractivity contribution in [2.75, 3.05) is 13.1 Å². The molecule has 0 bridgehead atoms. The minimum Gasteiger partial charge on any atom is -0.355 e. The van der Waals surface area contributed by atoms with E-state index < -0.39 is 17.2 Å². The summed E-state index contributed by atoms with van der Waals surface area (Å²) in [6.07, 6.45) is -3.20. The first-order chi connectivity index (χ1) is 10.8. The third-order valence-corrected chi connectivity index (χ3v) is 4.85. The van der Waals surface area contributed by atoms with Gasteiger partial charge in [0.2, 0.25) is 5.91 Å². The lowest BCUT2D eigenvalue weighted by Gasteiger charge is -2.20. The fraction of sp³-hybridized carbons (Fsp3) is 0.562. The highest BCUT2D eigenvalue weighted by molar-refractivity contribution is 5.91. The Kier molecular flexibility index (Phi) is 4.10. The number of halogens is 3. The Bertz CT molecular complexity index is 598. The maximum absolute atomic E-state index is 12.9. The Balaban J connectivity index is 1.70. The topological polar surface area (TPSA) is 53.2 Å². The molecule has 23 heavy (non-hydrogen) atoms. The highest BCUT2D eigenvalue weighted by Crippen LogP contribution is 2.49. The number of nitrogens with one attached hydrogen (secondary N) is 3. The number of hydrogen-bond acceptors (Lipinski definition) is 3. The van der Waals surface area contributed by atoms with E-state index in [4.69, 9.17) is 0 Å². The first-order valence-corrected chi connectivity index (χ1v) is 7.77. The van der Waals surface area contributed by atoms with Crippen LogP contribution in [0.5, 0.6) is 0 Å². The number of hydrogen-bond donors (Lipinski definition) is 3. The summed E-state index contributed by atoms with van der Waals surface area (Å²) in [5, 5.41) is 2.91. The van der Waals surface area contributed by atoms with Crippen LogP contribution in [0, 0.1) is 5.92 Å². The molecule has 1 saturated heterocycles. The Hall–Kier alpha value is -1.60. The van der Waals surface area contributed by atoms with Gasteiger partial charge in [0.1, 0.15) is 0 Å². The van der Waals surface area contributed by atoms with Gasteiger partial charge in [-0.25, -0.2) is 0 Å². The lowest BCUT2D eigenvalue weighted by Crippen LogP contribution is -2.40. The monoisotopic (exact) mass is 327 g/mol. The van der Waals surface area contributed by atoms with Gasteiger partial charge in [0.05, 0.1) is 11.0 Å². The molecular weight excluding hydrogens is 307 g/mol. The van der Waals surface area contributed by atoms with Gasteiger partial charge in [-0.05, 0) is 31.4 Å². The molecule has 3 N–H and O–H groups in total. The van der Waals surface area contributed by atoms with Crippen molar-refractivity contribution in [2.45, 2.75) is 37.4 Å². The standard InChI is InChI=1S/C16H20F3N3O/c1-10-11(9-21-22-10)8-20-14(23)15(5-6-15)12-3-2-4-13(7-12)16(17,18)19/h2-4,7,10-11,21-22H,5-6,8-9H2,1H3,(H,20,23). The molecule has 0 aromatic heterocycles. The Morgan fingerprint density at radius 3 is 2.70 bits per heavy atom. The van der Waals surface area contributed by atoms with Gasteiger partial charge < -0.3 is 5.32 Å². The molecule has 1 aromatic carbocycles. The van der Waals surface area contributed by atoms with Gasteiger partial charge in [0.15, 0.2) is 0 Å². The molecule has 0 spiro atoms. The lowest BCUT2D eigenvalue weighted by atomic mass is 9.93. The van der Waals surface area contributed by atoms with Gasteiger partial charge >= 0.3 is 6.18 Å². The summed E-state index contributed by atoms with van der Waals surface area (Å²) >= 11 is 0. The average molecular weight is 327 g/mol. The van der Waals surface area contributed by atoms with E-state index in [1.54, 1.807) is 6.07 Å². The molecule has 2 aliphatic rings. The lowest BCUT2D eigenvalue weighted by molar-refractivity contribution is -0.137. The molecular formula is C16H20F3N3O. The van der Waals surface area contributed by atoms with Crippen molar-refractivity contribution < 1.29 is 18.0 Å². The van der Waals surface area contributed by atoms with E-state index in [1.165, 1.54) is 6.07 Å². The molecule has 126 valence electrons. The van der Waals surface area contributed by atoms with Crippen molar-refractivity contribution >= 4 is 5.91 Å². The number of carbonyl (C=O) groups excluding carboxylic acids is 1. The second-order valence-corrected chi connectivity index (χ2v) is 6.44. The maximum atomic E-state index is 12.9. The predicted molar refractivity (Wildman–Crippen MR) is 79.5 cm³/mol. The highest BCUT2D eigenvalue weighted by atomic mass is 19.4. The maximum Gasteiger partial charge on any atom is 0.416 e. The third kappa shape index (κ3) is 3.21. The van der Waals surface area contributed by atoms with E-state index in [0.717, 1.165) is 18.7 Å². The number of rotatable bonds is 4. The quantitative estimate of drug-likeness (QED) is 0.792. The largest absolute Gasteiger partial charge is 0.416 e. The third-order valence-electron chi connectivity index (χ3n) is 4.85. The second kappa shape index (κ2) is 5.79. The van der Waals surface area contributed by atoms with Gasteiger partial charge in [-0.15, -0.1) is 0 Å². The molecule has 0 radical (unpaired) electrons. The first kappa shape index (κ1) is 16.3. The van der Waals surface area contributed by atoms with Crippen LogP contribution in [0.4, 0.5) is 13.2 Å². The SMILES string of the molecule is CC1NNCC1CNC(=O)C1(c2cccc(C(F)(F)F)c2)CC1. The van der Waals surface area contributed by atoms with E-state index in [1.807, 2.05) is 6.92 Å². The molecule has 1 aromatic rings. The van der Waals surface area contributed by atoms with Crippen molar-refractivity contribution in [3.05, 3.63) is 35.4 Å². The van der Waals surface area contributed by atoms with Crippen LogP contribution in [-0.4, -0.2) is 25.0 Å². The van der Waals surface area contributed by atoms with E-state index >= 15 is 0 Å². The fourth-order valence-corrected chi connectivity index (χ4v) is 3.05. The van der Waals surface area contributed by atoms with Crippen molar-refractivity contribution in [2.24, 2.45) is 5.92 Å². The van der Waals surface area contributed by atoms with Crippen molar-refractivity contribution in [3.63, 3.8) is 0 Å². The summed E-state index contributed by atoms with van der Waals surface area (Å²) in [5.74, 6) is 0.104. The highest BCUT2D eigenvalue weighted by Gasteiger charge is 2.51. The van der Waals surface area contributed by atoms with Gasteiger partial charge in [-0.1, -0.05) is 18.2 Å². The zero-order chi connectivity index (χ0) is 16.7. The van der Waals surface area contributed by atoms with Gasteiger partial charge in [-0.3, -0.25) is 15.6 Å². The molecule has 2 fully saturated rings. The summed E-state index contributed by atoms with van der Waals surface area (Å²) < 4.78 is 38.6. The molecule has 2 atom stereocenters. The van der Waals surface area contributed by atoms with Crippen LogP contribution >= 0.6 is 0 Å². The molecule has 3 rings (SSSR count). The Morgan fingerprint density at radius 1 is 1.39 bits per heavy atom. The average Bonchev–Trinajstić information content (AvgIpc) is 3.22. The normalized spacial score (nSPS) is 26.1. The second-order valence-electron chi connectivity index (χ2n) is 6.44. The number of hydrazine groups is 1. The molecule has 2 unspecified atom stereocenters. The zero-order valence-corrected chi connectivity index (χ0v) is 12.8. The Labute approximate surface area is 132 Å². The number of alkyl halides is 3.